The number of hydrogen-bond donors (Lipinski definition) is 0. The summed E-state index contributed by atoms with van der Waals surface area (Å²) in [5.74, 6) is -0.121. The van der Waals surface area contributed by atoms with Crippen LogP contribution in [0.2, 0.25) is 0 Å². The average molecular weight is 312 g/mol. The van der Waals surface area contributed by atoms with Crippen LogP contribution in [0, 0.1) is 16.6 Å². The molecule has 1 aromatic rings. The molecule has 1 aliphatic rings. The number of Topliss-reactive ketones (excluding diaryl/α,β-unsaturated/α-hetero) is 1. The minimum Gasteiger partial charge on any atom is -0.289 e. The lowest BCUT2D eigenvalue weighted by Gasteiger charge is -2.31. The van der Waals surface area contributed by atoms with Crippen LogP contribution in [0.25, 0.3) is 6.08 Å². The molecular weight excluding hydrogens is 287 g/mol. The molecule has 0 heterocycles. The van der Waals surface area contributed by atoms with Crippen LogP contribution in [0.5, 0.6) is 0 Å². The van der Waals surface area contributed by atoms with Crippen LogP contribution in [0.1, 0.15) is 47.1 Å². The molecular formula is C21H25FO. The minimum absolute atomic E-state index is 0.126. The van der Waals surface area contributed by atoms with Crippen molar-refractivity contribution < 1.29 is 9.18 Å². The van der Waals surface area contributed by atoms with Crippen LogP contribution in [-0.4, -0.2) is 5.78 Å². The molecule has 23 heavy (non-hydrogen) atoms. The first kappa shape index (κ1) is 17.4. The monoisotopic (exact) mass is 312 g/mol. The van der Waals surface area contributed by atoms with Gasteiger partial charge in [0.05, 0.1) is 0 Å². The molecule has 0 saturated heterocycles. The second kappa shape index (κ2) is 5.92. The standard InChI is InChI=1S/C21H25FO/c1-20(2,3)17-12-15(11-14-7-9-16(22)10-8-14)13-18(19(17)23)21(4,5)6/h7-13H,1-6H3. The maximum atomic E-state index is 13.1. The molecule has 0 fully saturated rings. The van der Waals surface area contributed by atoms with Crippen molar-refractivity contribution in [3.8, 4) is 0 Å². The summed E-state index contributed by atoms with van der Waals surface area (Å²) in [5, 5.41) is 0. The lowest BCUT2D eigenvalue weighted by molar-refractivity contribution is -0.114. The highest BCUT2D eigenvalue weighted by molar-refractivity contribution is 6.12. The second-order valence-corrected chi connectivity index (χ2v) is 8.14. The number of hydrogen-bond acceptors (Lipinski definition) is 1. The van der Waals surface area contributed by atoms with E-state index in [-0.39, 0.29) is 22.4 Å². The average Bonchev–Trinajstić information content (AvgIpc) is 2.40. The van der Waals surface area contributed by atoms with Crippen LogP contribution in [-0.2, 0) is 4.79 Å². The van der Waals surface area contributed by atoms with Gasteiger partial charge < -0.3 is 0 Å². The highest BCUT2D eigenvalue weighted by Crippen LogP contribution is 2.39. The first-order valence-corrected chi connectivity index (χ1v) is 7.95. The zero-order chi connectivity index (χ0) is 17.4. The smallest absolute Gasteiger partial charge is 0.186 e. The fraction of sp³-hybridized carbons (Fsp3) is 0.381. The zero-order valence-electron chi connectivity index (χ0n) is 14.8. The quantitative estimate of drug-likeness (QED) is 0.646. The number of carbonyl (C=O) groups is 1. The van der Waals surface area contributed by atoms with Gasteiger partial charge in [0.15, 0.2) is 5.78 Å². The van der Waals surface area contributed by atoms with E-state index in [1.54, 1.807) is 12.1 Å². The van der Waals surface area contributed by atoms with Crippen molar-refractivity contribution in [1.29, 1.82) is 0 Å². The Morgan fingerprint density at radius 1 is 0.826 bits per heavy atom. The molecule has 0 bridgehead atoms. The molecule has 122 valence electrons. The molecule has 0 N–H and O–H groups in total. The summed E-state index contributed by atoms with van der Waals surface area (Å²) >= 11 is 0. The topological polar surface area (TPSA) is 17.1 Å². The number of benzene rings is 1. The second-order valence-electron chi connectivity index (χ2n) is 8.14. The number of ketones is 1. The highest BCUT2D eigenvalue weighted by Gasteiger charge is 2.33. The molecule has 0 amide bonds. The van der Waals surface area contributed by atoms with Crippen LogP contribution < -0.4 is 0 Å². The number of allylic oxidation sites excluding steroid dienone is 5. The third-order valence-electron chi connectivity index (χ3n) is 3.93. The summed E-state index contributed by atoms with van der Waals surface area (Å²) in [6.07, 6.45) is 5.91. The molecule has 2 rings (SSSR count). The largest absolute Gasteiger partial charge is 0.289 e. The lowest BCUT2D eigenvalue weighted by atomic mass is 9.72. The van der Waals surface area contributed by atoms with Gasteiger partial charge in [-0.1, -0.05) is 53.7 Å². The molecule has 0 radical (unpaired) electrons. The Bertz CT molecular complexity index is 666. The van der Waals surface area contributed by atoms with Crippen LogP contribution in [0.4, 0.5) is 4.39 Å². The third kappa shape index (κ3) is 4.07. The highest BCUT2D eigenvalue weighted by atomic mass is 19.1. The molecule has 0 atom stereocenters. The Labute approximate surface area is 138 Å². The van der Waals surface area contributed by atoms with Crippen LogP contribution in [0.3, 0.4) is 0 Å². The van der Waals surface area contributed by atoms with Gasteiger partial charge in [0, 0.05) is 11.1 Å². The summed E-state index contributed by atoms with van der Waals surface area (Å²) in [6.45, 7) is 12.3. The maximum Gasteiger partial charge on any atom is 0.186 e. The minimum atomic E-state index is -0.247. The van der Waals surface area contributed by atoms with Gasteiger partial charge in [-0.15, -0.1) is 0 Å². The Kier molecular flexibility index (Phi) is 4.48. The van der Waals surface area contributed by atoms with Crippen molar-refractivity contribution in [2.45, 2.75) is 41.5 Å². The van der Waals surface area contributed by atoms with E-state index in [2.05, 4.69) is 41.5 Å². The summed E-state index contributed by atoms with van der Waals surface area (Å²) in [5.41, 5.74) is 3.10. The summed E-state index contributed by atoms with van der Waals surface area (Å²) in [6, 6.07) is 6.38. The molecule has 2 heteroatoms. The number of halogens is 1. The van der Waals surface area contributed by atoms with E-state index in [4.69, 9.17) is 0 Å². The predicted molar refractivity (Wildman–Crippen MR) is 94.5 cm³/mol. The van der Waals surface area contributed by atoms with E-state index in [0.717, 1.165) is 22.3 Å². The van der Waals surface area contributed by atoms with Gasteiger partial charge in [0.1, 0.15) is 5.82 Å². The zero-order valence-corrected chi connectivity index (χ0v) is 14.8. The van der Waals surface area contributed by atoms with E-state index < -0.39 is 0 Å². The summed E-state index contributed by atoms with van der Waals surface area (Å²) < 4.78 is 13.1. The first-order chi connectivity index (χ1) is 10.5. The number of rotatable bonds is 1. The Morgan fingerprint density at radius 2 is 1.26 bits per heavy atom. The van der Waals surface area contributed by atoms with Gasteiger partial charge in [0.2, 0.25) is 0 Å². The fourth-order valence-corrected chi connectivity index (χ4v) is 2.60. The third-order valence-corrected chi connectivity index (χ3v) is 3.93. The first-order valence-electron chi connectivity index (χ1n) is 7.95. The van der Waals surface area contributed by atoms with E-state index in [1.165, 1.54) is 12.1 Å². The normalized spacial score (nSPS) is 16.1. The van der Waals surface area contributed by atoms with Crippen molar-refractivity contribution in [2.24, 2.45) is 10.8 Å². The van der Waals surface area contributed by atoms with Crippen molar-refractivity contribution in [3.05, 3.63) is 64.5 Å². The lowest BCUT2D eigenvalue weighted by Crippen LogP contribution is -2.27. The van der Waals surface area contributed by atoms with Gasteiger partial charge in [0.25, 0.3) is 0 Å². The molecule has 0 aliphatic heterocycles. The van der Waals surface area contributed by atoms with Gasteiger partial charge in [-0.05, 0) is 52.3 Å². The Hall–Kier alpha value is -1.96. The van der Waals surface area contributed by atoms with E-state index in [1.807, 2.05) is 18.2 Å². The molecule has 1 aliphatic carbocycles. The number of carbonyl (C=O) groups excluding carboxylic acids is 1. The van der Waals surface area contributed by atoms with Crippen molar-refractivity contribution >= 4 is 11.9 Å². The van der Waals surface area contributed by atoms with Gasteiger partial charge >= 0.3 is 0 Å². The van der Waals surface area contributed by atoms with Crippen LogP contribution in [0.15, 0.2) is 53.1 Å². The Morgan fingerprint density at radius 3 is 1.65 bits per heavy atom. The Balaban J connectivity index is 2.56. The molecule has 0 aromatic heterocycles. The van der Waals surface area contributed by atoms with Crippen LogP contribution >= 0.6 is 0 Å². The summed E-state index contributed by atoms with van der Waals surface area (Å²) in [7, 11) is 0. The van der Waals surface area contributed by atoms with E-state index >= 15 is 0 Å². The van der Waals surface area contributed by atoms with Gasteiger partial charge in [-0.25, -0.2) is 4.39 Å². The van der Waals surface area contributed by atoms with E-state index in [0.29, 0.717) is 0 Å². The molecule has 1 aromatic carbocycles. The fourth-order valence-electron chi connectivity index (χ4n) is 2.60. The van der Waals surface area contributed by atoms with Crippen molar-refractivity contribution in [2.75, 3.05) is 0 Å². The molecule has 0 spiro atoms. The summed E-state index contributed by atoms with van der Waals surface area (Å²) in [4.78, 5) is 12.8. The molecule has 1 nitrogen and oxygen atoms in total. The van der Waals surface area contributed by atoms with Gasteiger partial charge in [-0.2, -0.15) is 0 Å². The van der Waals surface area contributed by atoms with Gasteiger partial charge in [-0.3, -0.25) is 4.79 Å². The SMILES string of the molecule is CC(C)(C)C1=CC(=Cc2ccc(F)cc2)C=C(C(C)(C)C)C1=O. The predicted octanol–water partition coefficient (Wildman–Crippen LogP) is 5.74. The molecule has 0 saturated carbocycles. The maximum absolute atomic E-state index is 13.1. The molecule has 0 unspecified atom stereocenters. The van der Waals surface area contributed by atoms with Crippen molar-refractivity contribution in [3.63, 3.8) is 0 Å². The van der Waals surface area contributed by atoms with E-state index in [9.17, 15) is 9.18 Å². The van der Waals surface area contributed by atoms with Crippen molar-refractivity contribution in [1.82, 2.24) is 0 Å².